The Bertz CT molecular complexity index is 428. The van der Waals surface area contributed by atoms with Gasteiger partial charge in [-0.3, -0.25) is 0 Å². The predicted molar refractivity (Wildman–Crippen MR) is 78.3 cm³/mol. The van der Waals surface area contributed by atoms with Crippen LogP contribution in [0.3, 0.4) is 0 Å². The normalized spacial score (nSPS) is 19.9. The third-order valence-electron chi connectivity index (χ3n) is 3.11. The first-order valence-electron chi connectivity index (χ1n) is 7.20. The number of nitrogens with one attached hydrogen (secondary N) is 1. The molecule has 0 amide bonds. The number of rotatable bonds is 6. The van der Waals surface area contributed by atoms with Gasteiger partial charge in [0.2, 0.25) is 11.8 Å². The van der Waals surface area contributed by atoms with Gasteiger partial charge in [-0.2, -0.15) is 4.98 Å². The van der Waals surface area contributed by atoms with Gasteiger partial charge in [0.1, 0.15) is 0 Å². The van der Waals surface area contributed by atoms with E-state index >= 15 is 0 Å². The number of ether oxygens (including phenoxy) is 2. The quantitative estimate of drug-likeness (QED) is 0.848. The summed E-state index contributed by atoms with van der Waals surface area (Å²) in [4.78, 5) is 11.0. The van der Waals surface area contributed by atoms with Gasteiger partial charge in [-0.05, 0) is 20.4 Å². The summed E-state index contributed by atoms with van der Waals surface area (Å²) in [7, 11) is 2.11. The van der Waals surface area contributed by atoms with Crippen molar-refractivity contribution >= 4 is 5.95 Å². The fourth-order valence-corrected chi connectivity index (χ4v) is 2.09. The third-order valence-corrected chi connectivity index (χ3v) is 3.11. The standard InChI is InChI=1S/C14H24N4O2/c1-4-6-20-13-8-11(2)16-14(17-13)15-9-12-10-18(3)5-7-19-12/h8,12H,4-7,9-10H2,1-3H3,(H,15,16,17). The average Bonchev–Trinajstić information content (AvgIpc) is 2.42. The number of nitrogens with zero attached hydrogens (tertiary/aromatic N) is 3. The highest BCUT2D eigenvalue weighted by atomic mass is 16.5. The molecule has 1 N–H and O–H groups in total. The van der Waals surface area contributed by atoms with Crippen LogP contribution >= 0.6 is 0 Å². The lowest BCUT2D eigenvalue weighted by Crippen LogP contribution is -2.43. The summed E-state index contributed by atoms with van der Waals surface area (Å²) < 4.78 is 11.3. The van der Waals surface area contributed by atoms with E-state index in [0.29, 0.717) is 25.0 Å². The number of aryl methyl sites for hydroxylation is 1. The molecule has 1 saturated heterocycles. The molecule has 1 atom stereocenters. The highest BCUT2D eigenvalue weighted by Crippen LogP contribution is 2.13. The van der Waals surface area contributed by atoms with Crippen molar-refractivity contribution in [2.45, 2.75) is 26.4 Å². The van der Waals surface area contributed by atoms with E-state index in [-0.39, 0.29) is 6.10 Å². The second-order valence-electron chi connectivity index (χ2n) is 5.16. The lowest BCUT2D eigenvalue weighted by molar-refractivity contribution is -0.0118. The van der Waals surface area contributed by atoms with E-state index in [9.17, 15) is 0 Å². The molecule has 0 bridgehead atoms. The van der Waals surface area contributed by atoms with Crippen molar-refractivity contribution in [1.82, 2.24) is 14.9 Å². The molecule has 1 fully saturated rings. The predicted octanol–water partition coefficient (Wildman–Crippen LogP) is 1.32. The second-order valence-corrected chi connectivity index (χ2v) is 5.16. The number of aromatic nitrogens is 2. The zero-order valence-corrected chi connectivity index (χ0v) is 12.6. The maximum atomic E-state index is 5.70. The molecule has 0 spiro atoms. The Balaban J connectivity index is 1.89. The summed E-state index contributed by atoms with van der Waals surface area (Å²) in [6.07, 6.45) is 1.14. The van der Waals surface area contributed by atoms with Gasteiger partial charge in [-0.1, -0.05) is 6.92 Å². The van der Waals surface area contributed by atoms with Crippen LogP contribution in [-0.2, 0) is 4.74 Å². The highest BCUT2D eigenvalue weighted by molar-refractivity contribution is 5.30. The second kappa shape index (κ2) is 7.40. The zero-order valence-electron chi connectivity index (χ0n) is 12.6. The number of hydrogen-bond donors (Lipinski definition) is 1. The van der Waals surface area contributed by atoms with Gasteiger partial charge in [0.15, 0.2) is 0 Å². The lowest BCUT2D eigenvalue weighted by Gasteiger charge is -2.30. The summed E-state index contributed by atoms with van der Waals surface area (Å²) >= 11 is 0. The van der Waals surface area contributed by atoms with E-state index in [1.165, 1.54) is 0 Å². The Morgan fingerprint density at radius 1 is 1.50 bits per heavy atom. The van der Waals surface area contributed by atoms with Crippen LogP contribution in [0.15, 0.2) is 6.07 Å². The first-order chi connectivity index (χ1) is 9.67. The van der Waals surface area contributed by atoms with E-state index in [1.807, 2.05) is 13.0 Å². The minimum atomic E-state index is 0.179. The molecule has 0 radical (unpaired) electrons. The zero-order chi connectivity index (χ0) is 14.4. The van der Waals surface area contributed by atoms with Crippen molar-refractivity contribution in [3.05, 3.63) is 11.8 Å². The first-order valence-corrected chi connectivity index (χ1v) is 7.20. The molecule has 1 aliphatic rings. The van der Waals surface area contributed by atoms with Crippen LogP contribution in [0.1, 0.15) is 19.0 Å². The molecule has 20 heavy (non-hydrogen) atoms. The van der Waals surface area contributed by atoms with Crippen molar-refractivity contribution in [2.24, 2.45) is 0 Å². The SMILES string of the molecule is CCCOc1cc(C)nc(NCC2CN(C)CCO2)n1. The minimum Gasteiger partial charge on any atom is -0.478 e. The maximum Gasteiger partial charge on any atom is 0.226 e. The van der Waals surface area contributed by atoms with E-state index in [2.05, 4.69) is 34.2 Å². The van der Waals surface area contributed by atoms with E-state index in [4.69, 9.17) is 9.47 Å². The highest BCUT2D eigenvalue weighted by Gasteiger charge is 2.17. The molecule has 6 heteroatoms. The van der Waals surface area contributed by atoms with Crippen LogP contribution in [0.2, 0.25) is 0 Å². The Morgan fingerprint density at radius 3 is 3.10 bits per heavy atom. The van der Waals surface area contributed by atoms with Crippen molar-refractivity contribution in [2.75, 3.05) is 45.2 Å². The van der Waals surface area contributed by atoms with Crippen LogP contribution in [0.4, 0.5) is 5.95 Å². The van der Waals surface area contributed by atoms with E-state index in [0.717, 1.165) is 31.8 Å². The third kappa shape index (κ3) is 4.61. The molecule has 1 aromatic heterocycles. The van der Waals surface area contributed by atoms with Crippen molar-refractivity contribution in [3.8, 4) is 5.88 Å². The van der Waals surface area contributed by atoms with Gasteiger partial charge in [0.05, 0.1) is 19.3 Å². The fraction of sp³-hybridized carbons (Fsp3) is 0.714. The Hall–Kier alpha value is -1.40. The monoisotopic (exact) mass is 280 g/mol. The Labute approximate surface area is 120 Å². The molecule has 0 aromatic carbocycles. The molecule has 0 saturated carbocycles. The van der Waals surface area contributed by atoms with Crippen molar-refractivity contribution in [1.29, 1.82) is 0 Å². The van der Waals surface area contributed by atoms with Gasteiger partial charge < -0.3 is 19.7 Å². The number of anilines is 1. The summed E-state index contributed by atoms with van der Waals surface area (Å²) in [5.74, 6) is 1.23. The Morgan fingerprint density at radius 2 is 2.35 bits per heavy atom. The van der Waals surface area contributed by atoms with Crippen molar-refractivity contribution in [3.63, 3.8) is 0 Å². The number of morpholine rings is 1. The Kier molecular flexibility index (Phi) is 5.55. The van der Waals surface area contributed by atoms with Crippen LogP contribution in [0.25, 0.3) is 0 Å². The average molecular weight is 280 g/mol. The topological polar surface area (TPSA) is 59.5 Å². The molecule has 0 aliphatic carbocycles. The van der Waals surface area contributed by atoms with Crippen molar-refractivity contribution < 1.29 is 9.47 Å². The molecule has 2 heterocycles. The smallest absolute Gasteiger partial charge is 0.226 e. The number of likely N-dealkylation sites (N-methyl/N-ethyl adjacent to an activating group) is 1. The molecular formula is C14H24N4O2. The lowest BCUT2D eigenvalue weighted by atomic mass is 10.3. The minimum absolute atomic E-state index is 0.179. The van der Waals surface area contributed by atoms with Gasteiger partial charge in [-0.25, -0.2) is 4.98 Å². The molecule has 1 unspecified atom stereocenters. The fourth-order valence-electron chi connectivity index (χ4n) is 2.09. The molecule has 112 valence electrons. The summed E-state index contributed by atoms with van der Waals surface area (Å²) in [5.41, 5.74) is 0.898. The van der Waals surface area contributed by atoms with Crippen LogP contribution in [0, 0.1) is 6.92 Å². The van der Waals surface area contributed by atoms with E-state index < -0.39 is 0 Å². The van der Waals surface area contributed by atoms with E-state index in [1.54, 1.807) is 0 Å². The summed E-state index contributed by atoms with van der Waals surface area (Å²) in [5, 5.41) is 3.24. The largest absolute Gasteiger partial charge is 0.478 e. The first kappa shape index (κ1) is 15.0. The molecule has 1 aliphatic heterocycles. The number of hydrogen-bond acceptors (Lipinski definition) is 6. The maximum absolute atomic E-state index is 5.70. The van der Waals surface area contributed by atoms with Crippen LogP contribution < -0.4 is 10.1 Å². The molecule has 6 nitrogen and oxygen atoms in total. The van der Waals surface area contributed by atoms with Crippen LogP contribution in [0.5, 0.6) is 5.88 Å². The summed E-state index contributed by atoms with van der Waals surface area (Å²) in [6, 6.07) is 1.85. The van der Waals surface area contributed by atoms with Gasteiger partial charge in [0, 0.05) is 31.4 Å². The van der Waals surface area contributed by atoms with Gasteiger partial charge in [0.25, 0.3) is 0 Å². The van der Waals surface area contributed by atoms with Gasteiger partial charge >= 0.3 is 0 Å². The molecule has 1 aromatic rings. The van der Waals surface area contributed by atoms with Gasteiger partial charge in [-0.15, -0.1) is 0 Å². The summed E-state index contributed by atoms with van der Waals surface area (Å²) in [6.45, 7) is 8.10. The molecular weight excluding hydrogens is 256 g/mol. The molecule has 2 rings (SSSR count). The van der Waals surface area contributed by atoms with Crippen LogP contribution in [-0.4, -0.2) is 60.9 Å².